The minimum atomic E-state index is -0.852. The van der Waals surface area contributed by atoms with Crippen molar-refractivity contribution in [2.45, 2.75) is 32.9 Å². The zero-order chi connectivity index (χ0) is 12.3. The van der Waals surface area contributed by atoms with E-state index in [4.69, 9.17) is 16.7 Å². The molecule has 1 heterocycles. The van der Waals surface area contributed by atoms with Gasteiger partial charge in [0.2, 0.25) is 0 Å². The molecule has 2 N–H and O–H groups in total. The van der Waals surface area contributed by atoms with Crippen LogP contribution < -0.4 is 5.32 Å². The van der Waals surface area contributed by atoms with Gasteiger partial charge in [-0.1, -0.05) is 11.6 Å². The van der Waals surface area contributed by atoms with Gasteiger partial charge in [0.1, 0.15) is 6.04 Å². The third kappa shape index (κ3) is 2.74. The van der Waals surface area contributed by atoms with Gasteiger partial charge in [-0.3, -0.25) is 9.48 Å². The second-order valence-electron chi connectivity index (χ2n) is 3.68. The van der Waals surface area contributed by atoms with Gasteiger partial charge in [-0.15, -0.1) is 0 Å². The zero-order valence-corrected chi connectivity index (χ0v) is 10.4. The molecule has 1 aromatic heterocycles. The predicted molar refractivity (Wildman–Crippen MR) is 61.8 cm³/mol. The number of rotatable bonds is 5. The van der Waals surface area contributed by atoms with Gasteiger partial charge in [0.25, 0.3) is 0 Å². The third-order valence-corrected chi connectivity index (χ3v) is 3.12. The maximum absolute atomic E-state index is 10.8. The van der Waals surface area contributed by atoms with Crippen LogP contribution in [-0.4, -0.2) is 33.9 Å². The van der Waals surface area contributed by atoms with Crippen LogP contribution in [0.4, 0.5) is 0 Å². The Morgan fingerprint density at radius 1 is 1.62 bits per heavy atom. The number of hydrogen-bond acceptors (Lipinski definition) is 3. The molecule has 0 radical (unpaired) electrons. The van der Waals surface area contributed by atoms with Crippen molar-refractivity contribution < 1.29 is 9.90 Å². The second kappa shape index (κ2) is 5.32. The Morgan fingerprint density at radius 3 is 2.62 bits per heavy atom. The van der Waals surface area contributed by atoms with Gasteiger partial charge >= 0.3 is 5.97 Å². The number of likely N-dealkylation sites (N-methyl/N-ethyl adjacent to an activating group) is 1. The molecule has 0 aliphatic carbocycles. The number of carboxylic acid groups (broad SMARTS) is 1. The van der Waals surface area contributed by atoms with Crippen molar-refractivity contribution in [3.05, 3.63) is 16.4 Å². The number of nitrogens with zero attached hydrogens (tertiary/aromatic N) is 2. The molecular weight excluding hydrogens is 230 g/mol. The van der Waals surface area contributed by atoms with Gasteiger partial charge in [-0.25, -0.2) is 0 Å². The van der Waals surface area contributed by atoms with Gasteiger partial charge < -0.3 is 10.4 Å². The van der Waals surface area contributed by atoms with Gasteiger partial charge in [0, 0.05) is 6.54 Å². The standard InChI is InChI=1S/C10H16ClN3O2/c1-6-9(11)7(2)14(13-6)5-4-8(12-3)10(15)16/h8,12H,4-5H2,1-3H3,(H,15,16). The molecule has 0 fully saturated rings. The smallest absolute Gasteiger partial charge is 0.320 e. The molecule has 0 saturated heterocycles. The van der Waals surface area contributed by atoms with Crippen LogP contribution in [0.3, 0.4) is 0 Å². The van der Waals surface area contributed by atoms with E-state index < -0.39 is 12.0 Å². The molecule has 0 aromatic carbocycles. The van der Waals surface area contributed by atoms with Gasteiger partial charge in [-0.05, 0) is 27.3 Å². The minimum Gasteiger partial charge on any atom is -0.480 e. The Bertz CT molecular complexity index is 390. The van der Waals surface area contributed by atoms with Crippen molar-refractivity contribution in [3.63, 3.8) is 0 Å². The first-order valence-electron chi connectivity index (χ1n) is 5.07. The lowest BCUT2D eigenvalue weighted by Crippen LogP contribution is -2.34. The predicted octanol–water partition coefficient (Wildman–Crippen LogP) is 1.22. The highest BCUT2D eigenvalue weighted by molar-refractivity contribution is 6.31. The molecule has 5 nitrogen and oxygen atoms in total. The van der Waals surface area contributed by atoms with E-state index in [0.29, 0.717) is 18.0 Å². The summed E-state index contributed by atoms with van der Waals surface area (Å²) >= 11 is 5.99. The molecule has 16 heavy (non-hydrogen) atoms. The van der Waals surface area contributed by atoms with Crippen molar-refractivity contribution in [2.75, 3.05) is 7.05 Å². The lowest BCUT2D eigenvalue weighted by molar-refractivity contribution is -0.139. The normalized spacial score (nSPS) is 12.8. The quantitative estimate of drug-likeness (QED) is 0.819. The molecular formula is C10H16ClN3O2. The summed E-state index contributed by atoms with van der Waals surface area (Å²) in [6, 6.07) is -0.553. The topological polar surface area (TPSA) is 67.2 Å². The van der Waals surface area contributed by atoms with Crippen LogP contribution in [0, 0.1) is 13.8 Å². The molecule has 1 aromatic rings. The Balaban J connectivity index is 2.67. The number of hydrogen-bond donors (Lipinski definition) is 2. The fourth-order valence-corrected chi connectivity index (χ4v) is 1.67. The summed E-state index contributed by atoms with van der Waals surface area (Å²) in [7, 11) is 1.63. The van der Waals surface area contributed by atoms with Crippen LogP contribution in [0.15, 0.2) is 0 Å². The van der Waals surface area contributed by atoms with E-state index in [1.807, 2.05) is 13.8 Å². The zero-order valence-electron chi connectivity index (χ0n) is 9.62. The van der Waals surface area contributed by atoms with Crippen LogP contribution >= 0.6 is 11.6 Å². The van der Waals surface area contributed by atoms with Crippen LogP contribution in [0.5, 0.6) is 0 Å². The maximum Gasteiger partial charge on any atom is 0.320 e. The molecule has 0 bridgehead atoms. The Labute approximate surface area is 99.4 Å². The van der Waals surface area contributed by atoms with E-state index in [1.54, 1.807) is 11.7 Å². The lowest BCUT2D eigenvalue weighted by atomic mass is 10.2. The van der Waals surface area contributed by atoms with E-state index in [0.717, 1.165) is 11.4 Å². The van der Waals surface area contributed by atoms with Crippen molar-refractivity contribution in [3.8, 4) is 0 Å². The molecule has 1 unspecified atom stereocenters. The van der Waals surface area contributed by atoms with E-state index in [9.17, 15) is 4.79 Å². The first-order chi connectivity index (χ1) is 7.47. The van der Waals surface area contributed by atoms with Crippen LogP contribution in [0.25, 0.3) is 0 Å². The van der Waals surface area contributed by atoms with E-state index in [-0.39, 0.29) is 0 Å². The first kappa shape index (κ1) is 13.0. The number of carbonyl (C=O) groups is 1. The fourth-order valence-electron chi connectivity index (χ4n) is 1.54. The highest BCUT2D eigenvalue weighted by Crippen LogP contribution is 2.19. The SMILES string of the molecule is CNC(CCn1nc(C)c(Cl)c1C)C(=O)O. The molecule has 6 heteroatoms. The van der Waals surface area contributed by atoms with Crippen molar-refractivity contribution in [1.82, 2.24) is 15.1 Å². The fraction of sp³-hybridized carbons (Fsp3) is 0.600. The Kier molecular flexibility index (Phi) is 4.32. The van der Waals surface area contributed by atoms with E-state index in [2.05, 4.69) is 10.4 Å². The average molecular weight is 246 g/mol. The summed E-state index contributed by atoms with van der Waals surface area (Å²) in [4.78, 5) is 10.8. The molecule has 90 valence electrons. The highest BCUT2D eigenvalue weighted by Gasteiger charge is 2.16. The Morgan fingerprint density at radius 2 is 2.25 bits per heavy atom. The second-order valence-corrected chi connectivity index (χ2v) is 4.05. The van der Waals surface area contributed by atoms with Crippen molar-refractivity contribution in [1.29, 1.82) is 0 Å². The lowest BCUT2D eigenvalue weighted by Gasteiger charge is -2.11. The van der Waals surface area contributed by atoms with Crippen LogP contribution in [0.1, 0.15) is 17.8 Å². The summed E-state index contributed by atoms with van der Waals surface area (Å²) in [6.45, 7) is 4.24. The third-order valence-electron chi connectivity index (χ3n) is 2.57. The molecule has 1 rings (SSSR count). The molecule has 0 saturated carbocycles. The largest absolute Gasteiger partial charge is 0.480 e. The average Bonchev–Trinajstić information content (AvgIpc) is 2.47. The van der Waals surface area contributed by atoms with Crippen LogP contribution in [0.2, 0.25) is 5.02 Å². The number of carboxylic acids is 1. The molecule has 0 spiro atoms. The van der Waals surface area contributed by atoms with Crippen molar-refractivity contribution in [2.24, 2.45) is 0 Å². The summed E-state index contributed by atoms with van der Waals surface area (Å²) in [5, 5.41) is 16.5. The molecule has 0 aliphatic heterocycles. The van der Waals surface area contributed by atoms with Crippen LogP contribution in [-0.2, 0) is 11.3 Å². The first-order valence-corrected chi connectivity index (χ1v) is 5.44. The van der Waals surface area contributed by atoms with Gasteiger partial charge in [0.05, 0.1) is 16.4 Å². The Hall–Kier alpha value is -1.07. The number of aliphatic carboxylic acids is 1. The maximum atomic E-state index is 10.8. The molecule has 0 amide bonds. The highest BCUT2D eigenvalue weighted by atomic mass is 35.5. The molecule has 1 atom stereocenters. The summed E-state index contributed by atoms with van der Waals surface area (Å²) in [5.41, 5.74) is 1.65. The number of nitrogens with one attached hydrogen (secondary N) is 1. The number of halogens is 1. The van der Waals surface area contributed by atoms with E-state index in [1.165, 1.54) is 0 Å². The number of aromatic nitrogens is 2. The van der Waals surface area contributed by atoms with Gasteiger partial charge in [-0.2, -0.15) is 5.10 Å². The van der Waals surface area contributed by atoms with Crippen molar-refractivity contribution >= 4 is 17.6 Å². The summed E-state index contributed by atoms with van der Waals surface area (Å²) in [5.74, 6) is -0.852. The number of aryl methyl sites for hydroxylation is 2. The monoisotopic (exact) mass is 245 g/mol. The summed E-state index contributed by atoms with van der Waals surface area (Å²) < 4.78 is 1.74. The molecule has 0 aliphatic rings. The minimum absolute atomic E-state index is 0.476. The van der Waals surface area contributed by atoms with E-state index >= 15 is 0 Å². The summed E-state index contributed by atoms with van der Waals surface area (Å²) in [6.07, 6.45) is 0.476. The van der Waals surface area contributed by atoms with Gasteiger partial charge in [0.15, 0.2) is 0 Å².